The molecule has 0 atom stereocenters. The number of unbranched alkanes of at least 4 members (excludes halogenated alkanes) is 12. The van der Waals surface area contributed by atoms with Crippen molar-refractivity contribution >= 4 is 0 Å². The molecule has 0 aromatic carbocycles. The lowest BCUT2D eigenvalue weighted by Gasteiger charge is -2.15. The van der Waals surface area contributed by atoms with Gasteiger partial charge in [-0.15, -0.1) is 0 Å². The Bertz CT molecular complexity index is 579. The molecule has 0 aliphatic heterocycles. The first kappa shape index (κ1) is 37.4. The van der Waals surface area contributed by atoms with Crippen LogP contribution in [0.1, 0.15) is 155 Å². The van der Waals surface area contributed by atoms with E-state index in [9.17, 15) is 0 Å². The van der Waals surface area contributed by atoms with Crippen molar-refractivity contribution in [2.24, 2.45) is 0 Å². The highest BCUT2D eigenvalue weighted by Crippen LogP contribution is 2.16. The van der Waals surface area contributed by atoms with Gasteiger partial charge in [0, 0.05) is 7.11 Å². The van der Waals surface area contributed by atoms with Crippen molar-refractivity contribution in [2.75, 3.05) is 7.11 Å². The van der Waals surface area contributed by atoms with Crippen LogP contribution in [-0.2, 0) is 4.74 Å². The number of methoxy groups -OCH3 is 1. The lowest BCUT2D eigenvalue weighted by molar-refractivity contribution is 0.0831. The van der Waals surface area contributed by atoms with Crippen LogP contribution in [-0.4, -0.2) is 13.2 Å². The zero-order valence-corrected chi connectivity index (χ0v) is 26.5. The van der Waals surface area contributed by atoms with Gasteiger partial charge in [0.1, 0.15) is 0 Å². The molecule has 1 nitrogen and oxygen atoms in total. The van der Waals surface area contributed by atoms with Crippen LogP contribution in [0.25, 0.3) is 0 Å². The topological polar surface area (TPSA) is 9.23 Å². The summed E-state index contributed by atoms with van der Waals surface area (Å²) in [6, 6.07) is 0. The highest BCUT2D eigenvalue weighted by atomic mass is 16.5. The van der Waals surface area contributed by atoms with Gasteiger partial charge in [0.05, 0.1) is 6.10 Å². The Hall–Kier alpha value is -1.60. The third-order valence-corrected chi connectivity index (χ3v) is 7.19. The molecule has 0 aromatic rings. The molecule has 224 valence electrons. The van der Waals surface area contributed by atoms with Crippen LogP contribution in [0, 0.1) is 0 Å². The van der Waals surface area contributed by atoms with Crippen LogP contribution >= 0.6 is 0 Å². The summed E-state index contributed by atoms with van der Waals surface area (Å²) in [5.41, 5.74) is 0. The molecule has 1 heteroatoms. The minimum absolute atomic E-state index is 0.480. The van der Waals surface area contributed by atoms with Crippen LogP contribution in [0.4, 0.5) is 0 Å². The quantitative estimate of drug-likeness (QED) is 0.0679. The molecule has 0 rings (SSSR count). The van der Waals surface area contributed by atoms with Crippen molar-refractivity contribution in [3.63, 3.8) is 0 Å². The zero-order chi connectivity index (χ0) is 28.3. The Labute approximate surface area is 245 Å². The summed E-state index contributed by atoms with van der Waals surface area (Å²) in [7, 11) is 1.91. The monoisotopic (exact) mass is 539 g/mol. The van der Waals surface area contributed by atoms with Gasteiger partial charge in [-0.1, -0.05) is 151 Å². The maximum atomic E-state index is 5.77. The molecule has 0 aromatic heterocycles. The van der Waals surface area contributed by atoms with Crippen LogP contribution in [0.3, 0.4) is 0 Å². The lowest BCUT2D eigenvalue weighted by atomic mass is 10.0. The summed E-state index contributed by atoms with van der Waals surface area (Å²) >= 11 is 0. The van der Waals surface area contributed by atoms with Crippen LogP contribution in [0.15, 0.2) is 72.9 Å². The van der Waals surface area contributed by atoms with Gasteiger partial charge in [-0.05, 0) is 77.0 Å². The summed E-state index contributed by atoms with van der Waals surface area (Å²) < 4.78 is 5.77. The Morgan fingerprint density at radius 2 is 0.692 bits per heavy atom. The summed E-state index contributed by atoms with van der Waals surface area (Å²) in [6.07, 6.45) is 55.8. The molecule has 0 aliphatic rings. The molecule has 0 N–H and O–H groups in total. The summed E-state index contributed by atoms with van der Waals surface area (Å²) in [5.74, 6) is 0. The van der Waals surface area contributed by atoms with E-state index in [1.54, 1.807) is 0 Å². The molecular formula is C38H66O. The fourth-order valence-corrected chi connectivity index (χ4v) is 4.72. The van der Waals surface area contributed by atoms with Gasteiger partial charge < -0.3 is 4.74 Å². The predicted molar refractivity (Wildman–Crippen MR) is 179 cm³/mol. The van der Waals surface area contributed by atoms with Gasteiger partial charge in [0.15, 0.2) is 0 Å². The first-order valence-corrected chi connectivity index (χ1v) is 16.8. The van der Waals surface area contributed by atoms with E-state index in [0.717, 1.165) is 38.5 Å². The number of hydrogen-bond donors (Lipinski definition) is 0. The molecule has 0 unspecified atom stereocenters. The minimum Gasteiger partial charge on any atom is -0.381 e. The molecule has 0 spiro atoms. The van der Waals surface area contributed by atoms with Crippen LogP contribution in [0.5, 0.6) is 0 Å². The number of allylic oxidation sites excluding steroid dienone is 12. The second-order valence-electron chi connectivity index (χ2n) is 10.8. The highest BCUT2D eigenvalue weighted by Gasteiger charge is 2.06. The largest absolute Gasteiger partial charge is 0.381 e. The van der Waals surface area contributed by atoms with Gasteiger partial charge in [-0.3, -0.25) is 0 Å². The van der Waals surface area contributed by atoms with Crippen molar-refractivity contribution in [1.82, 2.24) is 0 Å². The highest BCUT2D eigenvalue weighted by molar-refractivity contribution is 4.97. The number of hydrogen-bond acceptors (Lipinski definition) is 1. The Morgan fingerprint density at radius 3 is 1.05 bits per heavy atom. The van der Waals surface area contributed by atoms with E-state index in [0.29, 0.717) is 6.10 Å². The maximum Gasteiger partial charge on any atom is 0.0571 e. The molecule has 0 amide bonds. The minimum atomic E-state index is 0.480. The van der Waals surface area contributed by atoms with Gasteiger partial charge in [-0.2, -0.15) is 0 Å². The Balaban J connectivity index is 3.44. The summed E-state index contributed by atoms with van der Waals surface area (Å²) in [4.78, 5) is 0. The third-order valence-electron chi connectivity index (χ3n) is 7.19. The van der Waals surface area contributed by atoms with E-state index in [1.807, 2.05) is 7.11 Å². The van der Waals surface area contributed by atoms with Gasteiger partial charge in [-0.25, -0.2) is 0 Å². The third kappa shape index (κ3) is 32.5. The average molecular weight is 539 g/mol. The maximum absolute atomic E-state index is 5.77. The molecule has 0 fully saturated rings. The Kier molecular flexibility index (Phi) is 33.0. The van der Waals surface area contributed by atoms with E-state index in [-0.39, 0.29) is 0 Å². The zero-order valence-electron chi connectivity index (χ0n) is 26.5. The molecule has 0 heterocycles. The van der Waals surface area contributed by atoms with Crippen molar-refractivity contribution in [3.05, 3.63) is 72.9 Å². The molecule has 0 radical (unpaired) electrons. The van der Waals surface area contributed by atoms with E-state index < -0.39 is 0 Å². The van der Waals surface area contributed by atoms with Crippen molar-refractivity contribution < 1.29 is 4.74 Å². The van der Waals surface area contributed by atoms with Crippen molar-refractivity contribution in [3.8, 4) is 0 Å². The lowest BCUT2D eigenvalue weighted by Crippen LogP contribution is -2.10. The molecule has 0 saturated heterocycles. The second kappa shape index (κ2) is 34.4. The predicted octanol–water partition coefficient (Wildman–Crippen LogP) is 13.0. The van der Waals surface area contributed by atoms with E-state index in [4.69, 9.17) is 4.74 Å². The summed E-state index contributed by atoms with van der Waals surface area (Å²) in [6.45, 7) is 4.36. The van der Waals surface area contributed by atoms with Gasteiger partial charge >= 0.3 is 0 Å². The average Bonchev–Trinajstić information content (AvgIpc) is 2.95. The first-order chi connectivity index (χ1) is 19.3. The van der Waals surface area contributed by atoms with Crippen molar-refractivity contribution in [1.29, 1.82) is 0 Å². The van der Waals surface area contributed by atoms with E-state index in [1.165, 1.54) is 103 Å². The van der Waals surface area contributed by atoms with Gasteiger partial charge in [0.25, 0.3) is 0 Å². The SMILES string of the molecule is CC/C=C\C/C=C\C/C=C\CCCCCCCCC(CCCCCCCC/C=C\C/C=C\C/C=C\CC)OC. The molecule has 0 aliphatic carbocycles. The van der Waals surface area contributed by atoms with Crippen LogP contribution < -0.4 is 0 Å². The Morgan fingerprint density at radius 1 is 0.385 bits per heavy atom. The second-order valence-corrected chi connectivity index (χ2v) is 10.8. The van der Waals surface area contributed by atoms with Crippen LogP contribution in [0.2, 0.25) is 0 Å². The smallest absolute Gasteiger partial charge is 0.0571 e. The fraction of sp³-hybridized carbons (Fsp3) is 0.684. The van der Waals surface area contributed by atoms with E-state index >= 15 is 0 Å². The molecular weight excluding hydrogens is 472 g/mol. The fourth-order valence-electron chi connectivity index (χ4n) is 4.72. The summed E-state index contributed by atoms with van der Waals surface area (Å²) in [5, 5.41) is 0. The van der Waals surface area contributed by atoms with Gasteiger partial charge in [0.2, 0.25) is 0 Å². The first-order valence-electron chi connectivity index (χ1n) is 16.8. The molecule has 0 saturated carbocycles. The molecule has 39 heavy (non-hydrogen) atoms. The normalized spacial score (nSPS) is 12.9. The molecule has 0 bridgehead atoms. The standard InChI is InChI=1S/C38H66O/c1-4-6-8-10-12-14-16-18-20-22-24-26-28-30-32-34-36-38(39-3)37-35-33-31-29-27-25-23-21-19-17-15-13-11-9-7-5-2/h6-9,12-15,18-21,38H,4-5,10-11,16-17,22-37H2,1-3H3/b8-6-,9-7-,14-12-,15-13-,20-18-,21-19-. The number of ether oxygens (including phenoxy) is 1. The van der Waals surface area contributed by atoms with Crippen molar-refractivity contribution in [2.45, 2.75) is 161 Å². The number of rotatable bonds is 29. The van der Waals surface area contributed by atoms with E-state index in [2.05, 4.69) is 86.8 Å².